The first-order valence-electron chi connectivity index (χ1n) is 13.7. The minimum Gasteiger partial charge on any atom is -0.496 e. The Morgan fingerprint density at radius 2 is 1.89 bits per heavy atom. The predicted octanol–water partition coefficient (Wildman–Crippen LogP) is 5.42. The predicted molar refractivity (Wildman–Crippen MR) is 165 cm³/mol. The Morgan fingerprint density at radius 1 is 1.14 bits per heavy atom. The number of aromatic nitrogens is 1. The molecule has 5 rings (SSSR count). The molecule has 0 bridgehead atoms. The second-order valence-corrected chi connectivity index (χ2v) is 11.1. The number of halogens is 1. The molecule has 0 amide bonds. The van der Waals surface area contributed by atoms with Crippen LogP contribution < -0.4 is 24.4 Å². The maximum atomic E-state index is 14.1. The van der Waals surface area contributed by atoms with Gasteiger partial charge in [-0.3, -0.25) is 19.5 Å². The number of fused-ring (bicyclic) bond motifs is 1. The molecule has 3 heterocycles. The van der Waals surface area contributed by atoms with E-state index in [1.54, 1.807) is 43.3 Å². The molecule has 0 N–H and O–H groups in total. The van der Waals surface area contributed by atoms with Crippen LogP contribution in [0.25, 0.3) is 17.4 Å². The van der Waals surface area contributed by atoms with Crippen LogP contribution in [0.1, 0.15) is 44.1 Å². The smallest absolute Gasteiger partial charge is 0.338 e. The number of rotatable bonds is 10. The van der Waals surface area contributed by atoms with Crippen molar-refractivity contribution in [2.24, 2.45) is 4.99 Å². The van der Waals surface area contributed by atoms with Crippen molar-refractivity contribution in [2.45, 2.75) is 32.7 Å². The van der Waals surface area contributed by atoms with Crippen LogP contribution in [-0.2, 0) is 9.53 Å². The van der Waals surface area contributed by atoms with E-state index in [1.165, 1.54) is 37.0 Å². The highest BCUT2D eigenvalue weighted by molar-refractivity contribution is 7.07. The third kappa shape index (κ3) is 5.78. The SMILES string of the molecule is CCCC1=C(C(=O)OCC)[C@H](c2cc(Cl)ccc2OC)n2c(s/c(=C/c3ccc(-c4cc([N+](=O)[O-])ccc4OC)o3)c2=O)=N1. The Labute approximate surface area is 260 Å². The molecule has 0 unspecified atom stereocenters. The summed E-state index contributed by atoms with van der Waals surface area (Å²) < 4.78 is 24.2. The fraction of sp³-hybridized carbons (Fsp3) is 0.258. The van der Waals surface area contributed by atoms with Crippen LogP contribution in [0.15, 0.2) is 74.0 Å². The van der Waals surface area contributed by atoms with Gasteiger partial charge < -0.3 is 18.6 Å². The van der Waals surface area contributed by atoms with Crippen LogP contribution in [0.2, 0.25) is 5.02 Å². The highest BCUT2D eigenvalue weighted by Gasteiger charge is 2.36. The van der Waals surface area contributed by atoms with E-state index in [0.717, 1.165) is 11.3 Å². The number of hydrogen-bond donors (Lipinski definition) is 0. The number of nitro groups is 1. The molecule has 1 atom stereocenters. The number of esters is 1. The standard InChI is InChI=1S/C31H28ClN3O8S/c1-5-7-22-27(30(37)42-6-2)28(21-14-17(32)8-11-24(21)41-4)34-29(36)26(44-31(34)33-22)16-19-10-13-25(43-19)20-15-18(35(38)39)9-12-23(20)40-3/h8-16,28H,5-7H2,1-4H3/b26-16+/t28-/m0/s1. The number of nitrogens with zero attached hydrogens (tertiary/aromatic N) is 3. The Hall–Kier alpha value is -4.68. The van der Waals surface area contributed by atoms with Crippen molar-refractivity contribution >= 4 is 40.7 Å². The number of thiazole rings is 1. The maximum Gasteiger partial charge on any atom is 0.338 e. The molecule has 44 heavy (non-hydrogen) atoms. The summed E-state index contributed by atoms with van der Waals surface area (Å²) in [4.78, 5) is 43.5. The van der Waals surface area contributed by atoms with Gasteiger partial charge in [-0.1, -0.05) is 36.3 Å². The van der Waals surface area contributed by atoms with Gasteiger partial charge in [0.25, 0.3) is 11.2 Å². The maximum absolute atomic E-state index is 14.1. The van der Waals surface area contributed by atoms with Gasteiger partial charge in [0.1, 0.15) is 29.1 Å². The molecule has 4 aromatic rings. The number of nitro benzene ring substituents is 1. The highest BCUT2D eigenvalue weighted by atomic mass is 35.5. The van der Waals surface area contributed by atoms with Crippen LogP contribution in [0.4, 0.5) is 5.69 Å². The van der Waals surface area contributed by atoms with Crippen molar-refractivity contribution in [2.75, 3.05) is 20.8 Å². The molecule has 0 radical (unpaired) electrons. The Balaban J connectivity index is 1.70. The van der Waals surface area contributed by atoms with Gasteiger partial charge in [0.15, 0.2) is 4.80 Å². The molecule has 0 fully saturated rings. The third-order valence-corrected chi connectivity index (χ3v) is 8.16. The number of benzene rings is 2. The minimum atomic E-state index is -0.913. The number of allylic oxidation sites excluding steroid dienone is 1. The van der Waals surface area contributed by atoms with Crippen molar-refractivity contribution in [1.82, 2.24) is 4.57 Å². The zero-order valence-electron chi connectivity index (χ0n) is 24.3. The largest absolute Gasteiger partial charge is 0.496 e. The quantitative estimate of drug-likeness (QED) is 0.128. The monoisotopic (exact) mass is 637 g/mol. The average Bonchev–Trinajstić information content (AvgIpc) is 3.60. The molecule has 11 nitrogen and oxygen atoms in total. The Morgan fingerprint density at radius 3 is 2.57 bits per heavy atom. The van der Waals surface area contributed by atoms with E-state index in [0.29, 0.717) is 67.0 Å². The summed E-state index contributed by atoms with van der Waals surface area (Å²) in [7, 11) is 2.96. The van der Waals surface area contributed by atoms with Gasteiger partial charge in [0.2, 0.25) is 0 Å². The van der Waals surface area contributed by atoms with Crippen LogP contribution in [0.5, 0.6) is 11.5 Å². The minimum absolute atomic E-state index is 0.121. The zero-order valence-corrected chi connectivity index (χ0v) is 25.9. The molecular weight excluding hydrogens is 610 g/mol. The van der Waals surface area contributed by atoms with Crippen molar-refractivity contribution in [1.29, 1.82) is 0 Å². The lowest BCUT2D eigenvalue weighted by atomic mass is 9.93. The van der Waals surface area contributed by atoms with Gasteiger partial charge in [-0.15, -0.1) is 0 Å². The summed E-state index contributed by atoms with van der Waals surface area (Å²) in [5.41, 5.74) is 1.12. The molecule has 0 spiro atoms. The first kappa shape index (κ1) is 30.8. The lowest BCUT2D eigenvalue weighted by Gasteiger charge is -2.27. The topological polar surface area (TPSA) is 135 Å². The first-order valence-corrected chi connectivity index (χ1v) is 14.9. The second-order valence-electron chi connectivity index (χ2n) is 9.64. The molecule has 2 aromatic heterocycles. The van der Waals surface area contributed by atoms with E-state index in [2.05, 4.69) is 0 Å². The number of hydrogen-bond acceptors (Lipinski definition) is 10. The van der Waals surface area contributed by atoms with E-state index in [4.69, 9.17) is 35.2 Å². The van der Waals surface area contributed by atoms with Gasteiger partial charge >= 0.3 is 5.97 Å². The van der Waals surface area contributed by atoms with Gasteiger partial charge in [0.05, 0.1) is 47.1 Å². The van der Waals surface area contributed by atoms with Crippen molar-refractivity contribution < 1.29 is 28.3 Å². The molecular formula is C31H28ClN3O8S. The number of non-ortho nitro benzene ring substituents is 1. The molecule has 0 saturated heterocycles. The van der Waals surface area contributed by atoms with E-state index >= 15 is 0 Å². The van der Waals surface area contributed by atoms with Gasteiger partial charge in [-0.05, 0) is 49.7 Å². The first-order chi connectivity index (χ1) is 21.2. The van der Waals surface area contributed by atoms with Crippen molar-refractivity contribution in [3.63, 3.8) is 0 Å². The van der Waals surface area contributed by atoms with Crippen LogP contribution in [0, 0.1) is 10.1 Å². The third-order valence-electron chi connectivity index (χ3n) is 6.94. The fourth-order valence-corrected chi connectivity index (χ4v) is 6.22. The molecule has 1 aliphatic heterocycles. The number of carbonyl (C=O) groups is 1. The van der Waals surface area contributed by atoms with Crippen LogP contribution in [0.3, 0.4) is 0 Å². The Kier molecular flexibility index (Phi) is 9.02. The van der Waals surface area contributed by atoms with Crippen molar-refractivity contribution in [3.05, 3.63) is 106 Å². The molecule has 228 valence electrons. The Bertz CT molecular complexity index is 1970. The summed E-state index contributed by atoms with van der Waals surface area (Å²) in [6.45, 7) is 3.82. The van der Waals surface area contributed by atoms with Gasteiger partial charge in [-0.25, -0.2) is 9.79 Å². The number of carbonyl (C=O) groups excluding carboxylic acids is 1. The molecule has 13 heteroatoms. The van der Waals surface area contributed by atoms with Gasteiger partial charge in [0, 0.05) is 28.8 Å². The van der Waals surface area contributed by atoms with E-state index in [9.17, 15) is 19.7 Å². The lowest BCUT2D eigenvalue weighted by Crippen LogP contribution is -2.40. The molecule has 0 saturated carbocycles. The normalized spacial score (nSPS) is 14.7. The number of ether oxygens (including phenoxy) is 3. The second kappa shape index (κ2) is 12.9. The number of furan rings is 1. The zero-order chi connectivity index (χ0) is 31.5. The number of methoxy groups -OCH3 is 2. The molecule has 1 aliphatic rings. The van der Waals surface area contributed by atoms with E-state index in [1.807, 2.05) is 6.92 Å². The molecule has 2 aromatic carbocycles. The highest BCUT2D eigenvalue weighted by Crippen LogP contribution is 2.38. The summed E-state index contributed by atoms with van der Waals surface area (Å²) >= 11 is 7.54. The summed E-state index contributed by atoms with van der Waals surface area (Å²) in [6.07, 6.45) is 2.74. The summed E-state index contributed by atoms with van der Waals surface area (Å²) in [6, 6.07) is 11.6. The summed E-state index contributed by atoms with van der Waals surface area (Å²) in [5.74, 6) is 0.897. The van der Waals surface area contributed by atoms with E-state index in [-0.39, 0.29) is 17.9 Å². The fourth-order valence-electron chi connectivity index (χ4n) is 5.04. The summed E-state index contributed by atoms with van der Waals surface area (Å²) in [5, 5.41) is 11.8. The average molecular weight is 638 g/mol. The lowest BCUT2D eigenvalue weighted by molar-refractivity contribution is -0.384. The molecule has 0 aliphatic carbocycles. The van der Waals surface area contributed by atoms with Gasteiger partial charge in [-0.2, -0.15) is 0 Å². The van der Waals surface area contributed by atoms with Crippen LogP contribution in [-0.4, -0.2) is 36.3 Å². The van der Waals surface area contributed by atoms with Crippen LogP contribution >= 0.6 is 22.9 Å². The van der Waals surface area contributed by atoms with E-state index < -0.39 is 22.5 Å². The van der Waals surface area contributed by atoms with Crippen molar-refractivity contribution in [3.8, 4) is 22.8 Å².